The van der Waals surface area contributed by atoms with Gasteiger partial charge in [-0.05, 0) is 35.7 Å². The van der Waals surface area contributed by atoms with Crippen LogP contribution in [0.25, 0.3) is 0 Å². The molecule has 0 saturated carbocycles. The number of thiophene rings is 1. The minimum Gasteiger partial charge on any atom is -0.322 e. The van der Waals surface area contributed by atoms with E-state index < -0.39 is 0 Å². The van der Waals surface area contributed by atoms with Gasteiger partial charge in [-0.25, -0.2) is 4.68 Å². The van der Waals surface area contributed by atoms with Gasteiger partial charge in [0.15, 0.2) is 5.82 Å². The highest BCUT2D eigenvalue weighted by atomic mass is 32.1. The van der Waals surface area contributed by atoms with E-state index in [0.717, 1.165) is 12.2 Å². The van der Waals surface area contributed by atoms with Crippen molar-refractivity contribution >= 4 is 11.3 Å². The van der Waals surface area contributed by atoms with Crippen molar-refractivity contribution in [2.45, 2.75) is 32.4 Å². The average Bonchev–Trinajstić information content (AvgIpc) is 2.86. The summed E-state index contributed by atoms with van der Waals surface area (Å²) in [5, 5.41) is 13.7. The fraction of sp³-hybridized carbons (Fsp3) is 0.500. The molecule has 0 aromatic carbocycles. The summed E-state index contributed by atoms with van der Waals surface area (Å²) in [4.78, 5) is 1.33. The van der Waals surface area contributed by atoms with E-state index in [1.54, 1.807) is 11.3 Å². The highest BCUT2D eigenvalue weighted by Crippen LogP contribution is 2.19. The zero-order valence-corrected chi connectivity index (χ0v) is 10.2. The Morgan fingerprint density at radius 2 is 2.31 bits per heavy atom. The number of rotatable bonds is 4. The number of nitrogens with two attached hydrogens (primary N) is 1. The van der Waals surface area contributed by atoms with E-state index in [0.29, 0.717) is 0 Å². The Kier molecular flexibility index (Phi) is 3.31. The molecule has 0 saturated heterocycles. The molecule has 0 spiro atoms. The van der Waals surface area contributed by atoms with Gasteiger partial charge in [-0.3, -0.25) is 0 Å². The molecular weight excluding hydrogens is 222 g/mol. The van der Waals surface area contributed by atoms with E-state index in [9.17, 15) is 0 Å². The van der Waals surface area contributed by atoms with Crippen LogP contribution >= 0.6 is 11.3 Å². The van der Waals surface area contributed by atoms with E-state index in [1.807, 2.05) is 11.6 Å². The maximum absolute atomic E-state index is 5.81. The molecule has 2 unspecified atom stereocenters. The Morgan fingerprint density at radius 3 is 2.94 bits per heavy atom. The summed E-state index contributed by atoms with van der Waals surface area (Å²) in [6.45, 7) is 3.99. The third-order valence-corrected chi connectivity index (χ3v) is 3.32. The number of hydrogen-bond donors (Lipinski definition) is 1. The van der Waals surface area contributed by atoms with Crippen LogP contribution in [0.4, 0.5) is 0 Å². The predicted octanol–water partition coefficient (Wildman–Crippen LogP) is 1.56. The lowest BCUT2D eigenvalue weighted by atomic mass is 10.2. The van der Waals surface area contributed by atoms with Crippen molar-refractivity contribution < 1.29 is 0 Å². The van der Waals surface area contributed by atoms with Crippen molar-refractivity contribution in [1.82, 2.24) is 20.2 Å². The standard InChI is InChI=1S/C10H15N5S/c1-7(6-9-4-3-5-16-9)15-10(8(2)11)12-13-14-15/h3-5,7-8H,6,11H2,1-2H3. The summed E-state index contributed by atoms with van der Waals surface area (Å²) in [6.07, 6.45) is 0.933. The molecule has 0 aliphatic rings. The van der Waals surface area contributed by atoms with E-state index in [1.165, 1.54) is 4.88 Å². The summed E-state index contributed by atoms with van der Waals surface area (Å²) in [6, 6.07) is 4.27. The Morgan fingerprint density at radius 1 is 1.50 bits per heavy atom. The minimum atomic E-state index is -0.138. The van der Waals surface area contributed by atoms with Crippen LogP contribution < -0.4 is 5.73 Å². The second-order valence-corrected chi connectivity index (χ2v) is 4.94. The van der Waals surface area contributed by atoms with Crippen molar-refractivity contribution in [1.29, 1.82) is 0 Å². The van der Waals surface area contributed by atoms with Crippen LogP contribution in [-0.2, 0) is 6.42 Å². The van der Waals surface area contributed by atoms with Gasteiger partial charge in [-0.15, -0.1) is 16.4 Å². The first-order valence-electron chi connectivity index (χ1n) is 5.24. The van der Waals surface area contributed by atoms with E-state index in [2.05, 4.69) is 40.0 Å². The van der Waals surface area contributed by atoms with Crippen molar-refractivity contribution in [3.05, 3.63) is 28.2 Å². The fourth-order valence-electron chi connectivity index (χ4n) is 1.62. The second kappa shape index (κ2) is 4.71. The van der Waals surface area contributed by atoms with Crippen LogP contribution in [0.1, 0.15) is 36.6 Å². The molecule has 16 heavy (non-hydrogen) atoms. The third-order valence-electron chi connectivity index (χ3n) is 2.42. The molecule has 0 aliphatic heterocycles. The van der Waals surface area contributed by atoms with Gasteiger partial charge < -0.3 is 5.73 Å². The number of tetrazole rings is 1. The average molecular weight is 237 g/mol. The normalized spacial score (nSPS) is 14.9. The van der Waals surface area contributed by atoms with Crippen LogP contribution in [0.5, 0.6) is 0 Å². The van der Waals surface area contributed by atoms with E-state index >= 15 is 0 Å². The zero-order valence-electron chi connectivity index (χ0n) is 9.37. The molecule has 0 radical (unpaired) electrons. The van der Waals surface area contributed by atoms with Gasteiger partial charge in [-0.1, -0.05) is 6.07 Å². The fourth-order valence-corrected chi connectivity index (χ4v) is 2.45. The van der Waals surface area contributed by atoms with Gasteiger partial charge >= 0.3 is 0 Å². The van der Waals surface area contributed by atoms with Crippen molar-refractivity contribution in [2.75, 3.05) is 0 Å². The van der Waals surface area contributed by atoms with Crippen LogP contribution in [0.2, 0.25) is 0 Å². The lowest BCUT2D eigenvalue weighted by Crippen LogP contribution is -2.18. The topological polar surface area (TPSA) is 69.6 Å². The summed E-state index contributed by atoms with van der Waals surface area (Å²) in [5.41, 5.74) is 5.81. The predicted molar refractivity (Wildman–Crippen MR) is 63.2 cm³/mol. The first-order chi connectivity index (χ1) is 7.68. The molecule has 2 aromatic heterocycles. The van der Waals surface area contributed by atoms with Crippen LogP contribution in [0, 0.1) is 0 Å². The largest absolute Gasteiger partial charge is 0.322 e. The first-order valence-corrected chi connectivity index (χ1v) is 6.12. The molecule has 0 amide bonds. The number of aromatic nitrogens is 4. The molecular formula is C10H15N5S. The Labute approximate surface area is 98.3 Å². The Hall–Kier alpha value is -1.27. The molecule has 2 N–H and O–H groups in total. The van der Waals surface area contributed by atoms with Crippen molar-refractivity contribution in [2.24, 2.45) is 5.73 Å². The molecule has 5 nitrogen and oxygen atoms in total. The highest BCUT2D eigenvalue weighted by Gasteiger charge is 2.16. The quantitative estimate of drug-likeness (QED) is 0.876. The molecule has 2 rings (SSSR count). The summed E-state index contributed by atoms with van der Waals surface area (Å²) >= 11 is 1.75. The summed E-state index contributed by atoms with van der Waals surface area (Å²) in [7, 11) is 0. The zero-order chi connectivity index (χ0) is 11.5. The minimum absolute atomic E-state index is 0.138. The van der Waals surface area contributed by atoms with Crippen molar-refractivity contribution in [3.8, 4) is 0 Å². The molecule has 2 heterocycles. The highest BCUT2D eigenvalue weighted by molar-refractivity contribution is 7.09. The molecule has 0 fully saturated rings. The Bertz CT molecular complexity index is 434. The van der Waals surface area contributed by atoms with E-state index in [-0.39, 0.29) is 12.1 Å². The SMILES string of the molecule is CC(N)c1nnnn1C(C)Cc1cccs1. The molecule has 6 heteroatoms. The summed E-state index contributed by atoms with van der Waals surface area (Å²) < 4.78 is 1.81. The lowest BCUT2D eigenvalue weighted by molar-refractivity contribution is 0.448. The maximum atomic E-state index is 5.81. The lowest BCUT2D eigenvalue weighted by Gasteiger charge is -2.13. The number of nitrogens with zero attached hydrogens (tertiary/aromatic N) is 4. The smallest absolute Gasteiger partial charge is 0.167 e. The molecule has 2 atom stereocenters. The first kappa shape index (κ1) is 11.2. The monoisotopic (exact) mass is 237 g/mol. The van der Waals surface area contributed by atoms with Gasteiger partial charge in [0.05, 0.1) is 12.1 Å². The van der Waals surface area contributed by atoms with Crippen LogP contribution in [-0.4, -0.2) is 20.2 Å². The van der Waals surface area contributed by atoms with Gasteiger partial charge in [0.2, 0.25) is 0 Å². The maximum Gasteiger partial charge on any atom is 0.167 e. The van der Waals surface area contributed by atoms with Gasteiger partial charge in [-0.2, -0.15) is 0 Å². The van der Waals surface area contributed by atoms with Crippen molar-refractivity contribution in [3.63, 3.8) is 0 Å². The van der Waals surface area contributed by atoms with Gasteiger partial charge in [0.1, 0.15) is 0 Å². The van der Waals surface area contributed by atoms with Gasteiger partial charge in [0, 0.05) is 11.3 Å². The Balaban J connectivity index is 2.14. The number of hydrogen-bond acceptors (Lipinski definition) is 5. The molecule has 86 valence electrons. The summed E-state index contributed by atoms with van der Waals surface area (Å²) in [5.74, 6) is 0.740. The second-order valence-electron chi connectivity index (χ2n) is 3.90. The van der Waals surface area contributed by atoms with Crippen LogP contribution in [0.15, 0.2) is 17.5 Å². The van der Waals surface area contributed by atoms with Gasteiger partial charge in [0.25, 0.3) is 0 Å². The molecule has 0 bridgehead atoms. The van der Waals surface area contributed by atoms with Crippen LogP contribution in [0.3, 0.4) is 0 Å². The third kappa shape index (κ3) is 2.28. The van der Waals surface area contributed by atoms with E-state index in [4.69, 9.17) is 5.73 Å². The molecule has 2 aromatic rings. The molecule has 0 aliphatic carbocycles.